The van der Waals surface area contributed by atoms with E-state index in [-0.39, 0.29) is 11.4 Å². The Kier molecular flexibility index (Phi) is 4.26. The molecule has 0 saturated carbocycles. The molecule has 0 aliphatic carbocycles. The summed E-state index contributed by atoms with van der Waals surface area (Å²) in [5, 5.41) is 17.0. The Bertz CT molecular complexity index is 1060. The maximum atomic E-state index is 12.4. The van der Waals surface area contributed by atoms with Crippen LogP contribution in [0.5, 0.6) is 0 Å². The number of rotatable bonds is 5. The molecule has 7 nitrogen and oxygen atoms in total. The van der Waals surface area contributed by atoms with Crippen molar-refractivity contribution in [1.29, 1.82) is 0 Å². The molecule has 2 aromatic carbocycles. The van der Waals surface area contributed by atoms with Gasteiger partial charge in [-0.3, -0.25) is 4.79 Å². The predicted molar refractivity (Wildman–Crippen MR) is 93.2 cm³/mol. The van der Waals surface area contributed by atoms with E-state index < -0.39 is 0 Å². The summed E-state index contributed by atoms with van der Waals surface area (Å²) in [7, 11) is 0. The van der Waals surface area contributed by atoms with Crippen molar-refractivity contribution in [2.45, 2.75) is 17.5 Å². The first-order valence-electron chi connectivity index (χ1n) is 7.61. The zero-order chi connectivity index (χ0) is 17.1. The summed E-state index contributed by atoms with van der Waals surface area (Å²) in [5.41, 5.74) is 1.48. The number of hydrogen-bond acceptors (Lipinski definition) is 7. The second-order valence-electron chi connectivity index (χ2n) is 5.31. The van der Waals surface area contributed by atoms with Crippen LogP contribution in [0.2, 0.25) is 0 Å². The third-order valence-corrected chi connectivity index (χ3v) is 4.37. The fourth-order valence-corrected chi connectivity index (χ4v) is 3.02. The monoisotopic (exact) mass is 351 g/mol. The van der Waals surface area contributed by atoms with Crippen molar-refractivity contribution in [2.75, 3.05) is 0 Å². The molecule has 124 valence electrons. The zero-order valence-electron chi connectivity index (χ0n) is 13.1. The van der Waals surface area contributed by atoms with E-state index in [1.54, 1.807) is 18.2 Å². The Morgan fingerprint density at radius 1 is 0.960 bits per heavy atom. The van der Waals surface area contributed by atoms with Crippen LogP contribution in [0.3, 0.4) is 0 Å². The maximum absolute atomic E-state index is 12.4. The number of benzene rings is 2. The van der Waals surface area contributed by atoms with Gasteiger partial charge in [-0.1, -0.05) is 47.7 Å². The van der Waals surface area contributed by atoms with Crippen LogP contribution in [0.15, 0.2) is 69.0 Å². The molecule has 25 heavy (non-hydrogen) atoms. The van der Waals surface area contributed by atoms with Gasteiger partial charge in [-0.15, -0.1) is 15.3 Å². The lowest BCUT2D eigenvalue weighted by molar-refractivity contribution is 0.419. The van der Waals surface area contributed by atoms with Crippen LogP contribution in [0, 0.1) is 0 Å². The average molecular weight is 351 g/mol. The Morgan fingerprint density at radius 3 is 2.64 bits per heavy atom. The molecule has 0 N–H and O–H groups in total. The first-order valence-corrected chi connectivity index (χ1v) is 8.60. The van der Waals surface area contributed by atoms with E-state index in [2.05, 4.69) is 20.5 Å². The molecule has 0 saturated heterocycles. The van der Waals surface area contributed by atoms with E-state index in [4.69, 9.17) is 4.42 Å². The molecule has 0 bridgehead atoms. The van der Waals surface area contributed by atoms with Crippen LogP contribution in [0.4, 0.5) is 0 Å². The van der Waals surface area contributed by atoms with E-state index in [0.29, 0.717) is 28.4 Å². The van der Waals surface area contributed by atoms with Crippen LogP contribution in [0.25, 0.3) is 10.9 Å². The van der Waals surface area contributed by atoms with Crippen LogP contribution in [-0.2, 0) is 12.3 Å². The van der Waals surface area contributed by atoms with E-state index >= 15 is 0 Å². The molecular formula is C17H13N5O2S. The van der Waals surface area contributed by atoms with Crippen molar-refractivity contribution in [3.8, 4) is 0 Å². The molecule has 0 fully saturated rings. The van der Waals surface area contributed by atoms with Crippen LogP contribution in [-0.4, -0.2) is 25.2 Å². The van der Waals surface area contributed by atoms with Crippen molar-refractivity contribution >= 4 is 22.7 Å². The molecule has 4 aromatic rings. The van der Waals surface area contributed by atoms with Crippen molar-refractivity contribution in [2.24, 2.45) is 0 Å². The zero-order valence-corrected chi connectivity index (χ0v) is 13.9. The second kappa shape index (κ2) is 6.86. The fraction of sp³-hybridized carbons (Fsp3) is 0.118. The van der Waals surface area contributed by atoms with Crippen molar-refractivity contribution in [1.82, 2.24) is 25.2 Å². The van der Waals surface area contributed by atoms with Crippen molar-refractivity contribution in [3.63, 3.8) is 0 Å². The number of hydrogen-bond donors (Lipinski definition) is 0. The molecule has 0 amide bonds. The molecule has 2 aromatic heterocycles. The van der Waals surface area contributed by atoms with E-state index in [0.717, 1.165) is 5.56 Å². The molecule has 2 heterocycles. The highest BCUT2D eigenvalue weighted by Crippen LogP contribution is 2.18. The van der Waals surface area contributed by atoms with Crippen molar-refractivity contribution in [3.05, 3.63) is 76.4 Å². The first kappa shape index (κ1) is 15.5. The minimum atomic E-state index is -0.192. The van der Waals surface area contributed by atoms with Crippen molar-refractivity contribution < 1.29 is 4.42 Å². The first-order chi connectivity index (χ1) is 12.3. The highest BCUT2D eigenvalue weighted by Gasteiger charge is 2.10. The van der Waals surface area contributed by atoms with Gasteiger partial charge in [0, 0.05) is 0 Å². The van der Waals surface area contributed by atoms with Gasteiger partial charge in [-0.2, -0.15) is 4.68 Å². The molecule has 0 radical (unpaired) electrons. The lowest BCUT2D eigenvalue weighted by atomic mass is 10.2. The fourth-order valence-electron chi connectivity index (χ4n) is 2.36. The number of thioether (sulfide) groups is 1. The molecule has 4 rings (SSSR count). The van der Waals surface area contributed by atoms with Gasteiger partial charge in [0.05, 0.1) is 11.8 Å². The molecule has 8 heteroatoms. The van der Waals surface area contributed by atoms with Gasteiger partial charge >= 0.3 is 0 Å². The molecule has 0 aliphatic rings. The summed E-state index contributed by atoms with van der Waals surface area (Å²) < 4.78 is 6.90. The Balaban J connectivity index is 1.47. The van der Waals surface area contributed by atoms with Gasteiger partial charge in [-0.05, 0) is 29.5 Å². The second-order valence-corrected chi connectivity index (χ2v) is 6.20. The SMILES string of the molecule is O=c1c2ccccc2nnn1CSc1nnc(Cc2ccccc2)o1. The normalized spacial score (nSPS) is 11.0. The molecule has 0 atom stereocenters. The lowest BCUT2D eigenvalue weighted by Gasteiger charge is -2.02. The van der Waals surface area contributed by atoms with E-state index in [9.17, 15) is 4.79 Å². The quantitative estimate of drug-likeness (QED) is 0.511. The Morgan fingerprint density at radius 2 is 1.76 bits per heavy atom. The van der Waals surface area contributed by atoms with Crippen LogP contribution in [0.1, 0.15) is 11.5 Å². The van der Waals surface area contributed by atoms with Gasteiger partial charge in [-0.25, -0.2) is 0 Å². The minimum Gasteiger partial charge on any atom is -0.416 e. The van der Waals surface area contributed by atoms with Gasteiger partial charge in [0.2, 0.25) is 5.89 Å². The number of nitrogens with zero attached hydrogens (tertiary/aromatic N) is 5. The topological polar surface area (TPSA) is 86.7 Å². The average Bonchev–Trinajstić information content (AvgIpc) is 3.10. The summed E-state index contributed by atoms with van der Waals surface area (Å²) in [5.74, 6) is 0.787. The summed E-state index contributed by atoms with van der Waals surface area (Å²) in [4.78, 5) is 12.4. The van der Waals surface area contributed by atoms with Gasteiger partial charge in [0.1, 0.15) is 11.4 Å². The number of fused-ring (bicyclic) bond motifs is 1. The predicted octanol–water partition coefficient (Wildman–Crippen LogP) is 2.52. The van der Waals surface area contributed by atoms with Gasteiger partial charge < -0.3 is 4.42 Å². The highest BCUT2D eigenvalue weighted by atomic mass is 32.2. The maximum Gasteiger partial charge on any atom is 0.278 e. The van der Waals surface area contributed by atoms with Crippen LogP contribution < -0.4 is 5.56 Å². The number of aromatic nitrogens is 5. The van der Waals surface area contributed by atoms with E-state index in [1.807, 2.05) is 36.4 Å². The standard InChI is InChI=1S/C17H13N5O2S/c23-16-13-8-4-5-9-14(13)18-21-22(16)11-25-17-20-19-15(24-17)10-12-6-2-1-3-7-12/h1-9H,10-11H2. The van der Waals surface area contributed by atoms with Crippen LogP contribution >= 0.6 is 11.8 Å². The Labute approximate surface area is 146 Å². The van der Waals surface area contributed by atoms with Gasteiger partial charge in [0.15, 0.2) is 0 Å². The molecule has 0 unspecified atom stereocenters. The molecular weight excluding hydrogens is 338 g/mol. The largest absolute Gasteiger partial charge is 0.416 e. The molecule has 0 spiro atoms. The smallest absolute Gasteiger partial charge is 0.278 e. The highest BCUT2D eigenvalue weighted by molar-refractivity contribution is 7.98. The summed E-state index contributed by atoms with van der Waals surface area (Å²) in [6.07, 6.45) is 0.574. The summed E-state index contributed by atoms with van der Waals surface area (Å²) in [6.45, 7) is 0. The van der Waals surface area contributed by atoms with E-state index in [1.165, 1.54) is 16.4 Å². The minimum absolute atomic E-state index is 0.192. The summed E-state index contributed by atoms with van der Waals surface area (Å²) in [6, 6.07) is 17.0. The third kappa shape index (κ3) is 3.43. The van der Waals surface area contributed by atoms with Gasteiger partial charge in [0.25, 0.3) is 10.8 Å². The summed E-state index contributed by atoms with van der Waals surface area (Å²) >= 11 is 1.25. The molecule has 0 aliphatic heterocycles. The Hall–Kier alpha value is -3.00. The lowest BCUT2D eigenvalue weighted by Crippen LogP contribution is -2.23. The third-order valence-electron chi connectivity index (χ3n) is 3.59.